The first kappa shape index (κ1) is 15.6. The smallest absolute Gasteiger partial charge is 0.231 e. The Bertz CT molecular complexity index is 963. The number of nitrogens with zero attached hydrogens (tertiary/aromatic N) is 3. The van der Waals surface area contributed by atoms with Crippen molar-refractivity contribution in [1.29, 1.82) is 0 Å². The minimum Gasteiger partial charge on any atom is -0.346 e. The highest BCUT2D eigenvalue weighted by atomic mass is 16.2. The summed E-state index contributed by atoms with van der Waals surface area (Å²) in [4.78, 5) is 25.3. The van der Waals surface area contributed by atoms with Crippen molar-refractivity contribution < 1.29 is 4.79 Å². The number of carbonyl (C=O) groups excluding carboxylic acids is 1. The Balaban J connectivity index is 1.48. The fraction of sp³-hybridized carbons (Fsp3) is 0.333. The molecule has 0 bridgehead atoms. The van der Waals surface area contributed by atoms with Gasteiger partial charge >= 0.3 is 0 Å². The van der Waals surface area contributed by atoms with Crippen LogP contribution in [0.2, 0.25) is 0 Å². The number of hydrogen-bond donors (Lipinski definition) is 1. The van der Waals surface area contributed by atoms with E-state index < -0.39 is 0 Å². The number of nitrogens with one attached hydrogen (secondary N) is 1. The molecule has 1 fully saturated rings. The van der Waals surface area contributed by atoms with Gasteiger partial charge in [-0.15, -0.1) is 0 Å². The van der Waals surface area contributed by atoms with Crippen LogP contribution in [-0.4, -0.2) is 39.9 Å². The first-order valence-electron chi connectivity index (χ1n) is 9.33. The van der Waals surface area contributed by atoms with E-state index in [-0.39, 0.29) is 5.91 Å². The molecule has 2 aliphatic heterocycles. The lowest BCUT2D eigenvalue weighted by Crippen LogP contribution is -2.41. The maximum Gasteiger partial charge on any atom is 0.231 e. The van der Waals surface area contributed by atoms with Gasteiger partial charge in [-0.25, -0.2) is 4.98 Å². The maximum atomic E-state index is 13.3. The van der Waals surface area contributed by atoms with Crippen molar-refractivity contribution in [2.75, 3.05) is 18.0 Å². The minimum absolute atomic E-state index is 0.163. The number of hydrogen-bond acceptors (Lipinski definition) is 3. The van der Waals surface area contributed by atoms with E-state index in [2.05, 4.69) is 33.1 Å². The van der Waals surface area contributed by atoms with E-state index in [4.69, 9.17) is 0 Å². The number of anilines is 1. The Hall–Kier alpha value is -2.66. The number of rotatable bonds is 2. The van der Waals surface area contributed by atoms with Crippen LogP contribution >= 0.6 is 0 Å². The van der Waals surface area contributed by atoms with Crippen molar-refractivity contribution in [3.05, 3.63) is 59.9 Å². The topological polar surface area (TPSA) is 52.2 Å². The third-order valence-corrected chi connectivity index (χ3v) is 5.73. The fourth-order valence-electron chi connectivity index (χ4n) is 4.40. The van der Waals surface area contributed by atoms with Crippen LogP contribution in [0.5, 0.6) is 0 Å². The van der Waals surface area contributed by atoms with Gasteiger partial charge in [0.15, 0.2) is 0 Å². The highest BCUT2D eigenvalue weighted by Gasteiger charge is 2.33. The van der Waals surface area contributed by atoms with Gasteiger partial charge in [0.2, 0.25) is 5.91 Å². The first-order chi connectivity index (χ1) is 12.8. The molecule has 1 amide bonds. The summed E-state index contributed by atoms with van der Waals surface area (Å²) in [5.41, 5.74) is 4.19. The van der Waals surface area contributed by atoms with Gasteiger partial charge in [-0.2, -0.15) is 0 Å². The number of amides is 1. The summed E-state index contributed by atoms with van der Waals surface area (Å²) in [5, 5.41) is 1.03. The zero-order valence-electron chi connectivity index (χ0n) is 14.7. The standard InChI is InChI=1S/C21H22N4O/c26-20(11-16-12-23-21-18(16)7-3-9-22-21)25-14-17-6-4-10-24(17)13-15-5-1-2-8-19(15)25/h1-3,5,7-9,12,17H,4,6,10-11,13-14H2,(H,22,23). The van der Waals surface area contributed by atoms with Gasteiger partial charge in [0.25, 0.3) is 0 Å². The molecule has 2 aliphatic rings. The molecule has 0 aliphatic carbocycles. The quantitative estimate of drug-likeness (QED) is 0.776. The van der Waals surface area contributed by atoms with Crippen LogP contribution in [0.4, 0.5) is 5.69 Å². The fourth-order valence-corrected chi connectivity index (χ4v) is 4.40. The third kappa shape index (κ3) is 2.59. The Labute approximate surface area is 152 Å². The highest BCUT2D eigenvalue weighted by molar-refractivity contribution is 5.98. The lowest BCUT2D eigenvalue weighted by atomic mass is 10.1. The highest BCUT2D eigenvalue weighted by Crippen LogP contribution is 2.32. The summed E-state index contributed by atoms with van der Waals surface area (Å²) in [7, 11) is 0. The van der Waals surface area contributed by atoms with Crippen LogP contribution in [0.1, 0.15) is 24.0 Å². The molecular formula is C21H22N4O. The summed E-state index contributed by atoms with van der Waals surface area (Å²) in [6, 6.07) is 12.8. The van der Waals surface area contributed by atoms with Crippen molar-refractivity contribution in [2.24, 2.45) is 0 Å². The number of benzene rings is 1. The number of aromatic nitrogens is 2. The van der Waals surface area contributed by atoms with Gasteiger partial charge in [0.1, 0.15) is 5.65 Å². The van der Waals surface area contributed by atoms with E-state index in [0.29, 0.717) is 12.5 Å². The van der Waals surface area contributed by atoms with Gasteiger partial charge in [-0.05, 0) is 48.7 Å². The largest absolute Gasteiger partial charge is 0.346 e. The molecule has 2 aromatic heterocycles. The molecule has 1 N–H and O–H groups in total. The number of para-hydroxylation sites is 1. The molecule has 5 nitrogen and oxygen atoms in total. The summed E-state index contributed by atoms with van der Waals surface area (Å²) in [5.74, 6) is 0.163. The molecule has 1 atom stereocenters. The molecule has 132 valence electrons. The molecule has 3 aromatic rings. The second-order valence-electron chi connectivity index (χ2n) is 7.29. The Morgan fingerprint density at radius 1 is 1.23 bits per heavy atom. The molecule has 5 rings (SSSR count). The first-order valence-corrected chi connectivity index (χ1v) is 9.33. The number of pyridine rings is 1. The van der Waals surface area contributed by atoms with Gasteiger partial charge in [0.05, 0.1) is 6.42 Å². The van der Waals surface area contributed by atoms with E-state index in [0.717, 1.165) is 41.9 Å². The van der Waals surface area contributed by atoms with E-state index in [1.807, 2.05) is 29.3 Å². The molecular weight excluding hydrogens is 324 g/mol. The molecule has 1 aromatic carbocycles. The molecule has 4 heterocycles. The van der Waals surface area contributed by atoms with Crippen LogP contribution in [-0.2, 0) is 17.8 Å². The van der Waals surface area contributed by atoms with E-state index >= 15 is 0 Å². The van der Waals surface area contributed by atoms with Gasteiger partial charge in [-0.3, -0.25) is 9.69 Å². The van der Waals surface area contributed by atoms with E-state index in [1.165, 1.54) is 18.4 Å². The van der Waals surface area contributed by atoms with Crippen molar-refractivity contribution in [3.8, 4) is 0 Å². The second-order valence-corrected chi connectivity index (χ2v) is 7.29. The zero-order valence-corrected chi connectivity index (χ0v) is 14.7. The summed E-state index contributed by atoms with van der Waals surface area (Å²) in [6.45, 7) is 2.87. The predicted octanol–water partition coefficient (Wildman–Crippen LogP) is 3.12. The molecule has 1 unspecified atom stereocenters. The Morgan fingerprint density at radius 2 is 2.15 bits per heavy atom. The Morgan fingerprint density at radius 3 is 3.12 bits per heavy atom. The zero-order chi connectivity index (χ0) is 17.5. The van der Waals surface area contributed by atoms with Crippen LogP contribution < -0.4 is 4.90 Å². The molecule has 0 radical (unpaired) electrons. The van der Waals surface area contributed by atoms with Gasteiger partial charge in [0, 0.05) is 42.6 Å². The monoisotopic (exact) mass is 346 g/mol. The summed E-state index contributed by atoms with van der Waals surface area (Å²) in [6.07, 6.45) is 6.48. The van der Waals surface area contributed by atoms with Crippen molar-refractivity contribution in [1.82, 2.24) is 14.9 Å². The SMILES string of the molecule is O=C(Cc1c[nH]c2ncccc12)N1CC2CCCN2Cc2ccccc21. The normalized spacial score (nSPS) is 20.0. The van der Waals surface area contributed by atoms with Crippen LogP contribution in [0.3, 0.4) is 0 Å². The van der Waals surface area contributed by atoms with Gasteiger partial charge in [-0.1, -0.05) is 18.2 Å². The van der Waals surface area contributed by atoms with Crippen molar-refractivity contribution in [3.63, 3.8) is 0 Å². The molecule has 26 heavy (non-hydrogen) atoms. The Kier molecular flexibility index (Phi) is 3.75. The summed E-state index contributed by atoms with van der Waals surface area (Å²) >= 11 is 0. The van der Waals surface area contributed by atoms with Crippen LogP contribution in [0.25, 0.3) is 11.0 Å². The van der Waals surface area contributed by atoms with Gasteiger partial charge < -0.3 is 9.88 Å². The molecule has 5 heteroatoms. The molecule has 0 saturated carbocycles. The van der Waals surface area contributed by atoms with Crippen LogP contribution in [0, 0.1) is 0 Å². The molecule has 0 spiro atoms. The van der Waals surface area contributed by atoms with Crippen molar-refractivity contribution >= 4 is 22.6 Å². The van der Waals surface area contributed by atoms with Crippen molar-refractivity contribution in [2.45, 2.75) is 31.8 Å². The average molecular weight is 346 g/mol. The average Bonchev–Trinajstić information content (AvgIpc) is 3.24. The maximum absolute atomic E-state index is 13.3. The number of carbonyl (C=O) groups is 1. The number of H-pyrrole nitrogens is 1. The molecule has 1 saturated heterocycles. The van der Waals surface area contributed by atoms with E-state index in [1.54, 1.807) is 6.20 Å². The lowest BCUT2D eigenvalue weighted by Gasteiger charge is -2.26. The lowest BCUT2D eigenvalue weighted by molar-refractivity contribution is -0.118. The van der Waals surface area contributed by atoms with Crippen LogP contribution in [0.15, 0.2) is 48.8 Å². The number of aromatic amines is 1. The number of fused-ring (bicyclic) bond motifs is 3. The second kappa shape index (κ2) is 6.25. The third-order valence-electron chi connectivity index (χ3n) is 5.73. The predicted molar refractivity (Wildman–Crippen MR) is 102 cm³/mol. The summed E-state index contributed by atoms with van der Waals surface area (Å²) < 4.78 is 0. The minimum atomic E-state index is 0.163. The van der Waals surface area contributed by atoms with E-state index in [9.17, 15) is 4.79 Å².